The third-order valence-corrected chi connectivity index (χ3v) is 3.29. The number of carbonyl (C=O) groups is 2. The highest BCUT2D eigenvalue weighted by Crippen LogP contribution is 2.05. The zero-order valence-corrected chi connectivity index (χ0v) is 12.3. The normalized spacial score (nSPS) is 12.3. The number of amides is 1. The lowest BCUT2D eigenvalue weighted by Crippen LogP contribution is -2.46. The molecule has 116 valence electrons. The van der Waals surface area contributed by atoms with Gasteiger partial charge in [0.05, 0.1) is 17.2 Å². The fourth-order valence-electron chi connectivity index (χ4n) is 2.11. The predicted octanol–water partition coefficient (Wildman–Crippen LogP) is 0.622. The predicted molar refractivity (Wildman–Crippen MR) is 80.4 cm³/mol. The summed E-state index contributed by atoms with van der Waals surface area (Å²) in [5, 5.41) is 11.9. The molecule has 7 nitrogen and oxygen atoms in total. The maximum Gasteiger partial charge on any atom is 0.326 e. The third kappa shape index (κ3) is 3.30. The summed E-state index contributed by atoms with van der Waals surface area (Å²) in [5.41, 5.74) is 0.215. The molecule has 1 heterocycles. The van der Waals surface area contributed by atoms with Crippen LogP contribution in [-0.2, 0) is 16.1 Å². The van der Waals surface area contributed by atoms with Crippen molar-refractivity contribution in [1.29, 1.82) is 0 Å². The summed E-state index contributed by atoms with van der Waals surface area (Å²) in [6.45, 7) is 3.12. The molecule has 7 heteroatoms. The number of aromatic nitrogens is 2. The van der Waals surface area contributed by atoms with Gasteiger partial charge in [-0.1, -0.05) is 26.0 Å². The van der Waals surface area contributed by atoms with E-state index in [1.165, 1.54) is 6.33 Å². The Morgan fingerprint density at radius 1 is 1.32 bits per heavy atom. The average molecular weight is 303 g/mol. The highest BCUT2D eigenvalue weighted by molar-refractivity contribution is 5.84. The second-order valence-electron chi connectivity index (χ2n) is 5.32. The fourth-order valence-corrected chi connectivity index (χ4v) is 2.11. The van der Waals surface area contributed by atoms with Crippen molar-refractivity contribution in [1.82, 2.24) is 14.9 Å². The van der Waals surface area contributed by atoms with E-state index in [1.54, 1.807) is 38.1 Å². The lowest BCUT2D eigenvalue weighted by Gasteiger charge is -2.18. The van der Waals surface area contributed by atoms with Crippen LogP contribution >= 0.6 is 0 Å². The van der Waals surface area contributed by atoms with Gasteiger partial charge in [-0.05, 0) is 18.1 Å². The van der Waals surface area contributed by atoms with Gasteiger partial charge >= 0.3 is 5.97 Å². The van der Waals surface area contributed by atoms with Crippen molar-refractivity contribution >= 4 is 22.8 Å². The van der Waals surface area contributed by atoms with Crippen molar-refractivity contribution in [3.8, 4) is 0 Å². The SMILES string of the molecule is CC(C)C(NC(=O)Cn1cnc2ccccc2c1=O)C(=O)O. The molecule has 1 aromatic carbocycles. The van der Waals surface area contributed by atoms with Crippen LogP contribution in [0.3, 0.4) is 0 Å². The molecule has 22 heavy (non-hydrogen) atoms. The Hall–Kier alpha value is -2.70. The topological polar surface area (TPSA) is 101 Å². The third-order valence-electron chi connectivity index (χ3n) is 3.29. The number of carboxylic acids is 1. The van der Waals surface area contributed by atoms with Crippen molar-refractivity contribution in [3.63, 3.8) is 0 Å². The lowest BCUT2D eigenvalue weighted by atomic mass is 10.1. The molecule has 0 aliphatic carbocycles. The maximum atomic E-state index is 12.2. The molecule has 1 aromatic heterocycles. The Labute approximate surface area is 126 Å². The molecule has 0 saturated heterocycles. The van der Waals surface area contributed by atoms with Crippen molar-refractivity contribution < 1.29 is 14.7 Å². The van der Waals surface area contributed by atoms with Gasteiger partial charge in [-0.15, -0.1) is 0 Å². The molecule has 2 aromatic rings. The number of nitrogens with one attached hydrogen (secondary N) is 1. The molecule has 0 aliphatic heterocycles. The number of carboxylic acid groups (broad SMARTS) is 1. The quantitative estimate of drug-likeness (QED) is 0.843. The van der Waals surface area contributed by atoms with Crippen LogP contribution in [0.15, 0.2) is 35.4 Å². The zero-order valence-electron chi connectivity index (χ0n) is 12.3. The van der Waals surface area contributed by atoms with E-state index in [9.17, 15) is 14.4 Å². The second-order valence-corrected chi connectivity index (χ2v) is 5.32. The van der Waals surface area contributed by atoms with E-state index in [4.69, 9.17) is 5.11 Å². The highest BCUT2D eigenvalue weighted by Gasteiger charge is 2.23. The molecular formula is C15H17N3O4. The van der Waals surface area contributed by atoms with Gasteiger partial charge in [-0.2, -0.15) is 0 Å². The largest absolute Gasteiger partial charge is 0.480 e. The van der Waals surface area contributed by atoms with Crippen LogP contribution in [0.2, 0.25) is 0 Å². The number of fused-ring (bicyclic) bond motifs is 1. The van der Waals surface area contributed by atoms with E-state index >= 15 is 0 Å². The average Bonchev–Trinajstić information content (AvgIpc) is 2.47. The van der Waals surface area contributed by atoms with Gasteiger partial charge in [0.1, 0.15) is 12.6 Å². The molecule has 0 spiro atoms. The first-order chi connectivity index (χ1) is 10.4. The van der Waals surface area contributed by atoms with Crippen molar-refractivity contribution in [2.75, 3.05) is 0 Å². The molecular weight excluding hydrogens is 286 g/mol. The summed E-state index contributed by atoms with van der Waals surface area (Å²) in [4.78, 5) is 39.4. The Morgan fingerprint density at radius 3 is 2.64 bits per heavy atom. The number of benzene rings is 1. The Kier molecular flexibility index (Phi) is 4.55. The van der Waals surface area contributed by atoms with Crippen LogP contribution in [0, 0.1) is 5.92 Å². The maximum absolute atomic E-state index is 12.2. The van der Waals surface area contributed by atoms with Crippen LogP contribution < -0.4 is 10.9 Å². The van der Waals surface area contributed by atoms with E-state index in [0.29, 0.717) is 10.9 Å². The molecule has 0 aliphatic rings. The standard InChI is InChI=1S/C15H17N3O4/c1-9(2)13(15(21)22)17-12(19)7-18-8-16-11-6-4-3-5-10(11)14(18)20/h3-6,8-9,13H,7H2,1-2H3,(H,17,19)(H,21,22). The fraction of sp³-hybridized carbons (Fsp3) is 0.333. The number of rotatable bonds is 5. The Morgan fingerprint density at radius 2 is 2.00 bits per heavy atom. The molecule has 0 saturated carbocycles. The summed E-state index contributed by atoms with van der Waals surface area (Å²) in [7, 11) is 0. The zero-order chi connectivity index (χ0) is 16.3. The summed E-state index contributed by atoms with van der Waals surface area (Å²) in [6.07, 6.45) is 1.29. The number of hydrogen-bond acceptors (Lipinski definition) is 4. The first kappa shape index (κ1) is 15.7. The van der Waals surface area contributed by atoms with Gasteiger partial charge < -0.3 is 10.4 Å². The number of para-hydroxylation sites is 1. The van der Waals surface area contributed by atoms with Gasteiger partial charge in [-0.3, -0.25) is 14.2 Å². The van der Waals surface area contributed by atoms with E-state index in [2.05, 4.69) is 10.3 Å². The van der Waals surface area contributed by atoms with Gasteiger partial charge in [0.15, 0.2) is 0 Å². The minimum atomic E-state index is -1.10. The van der Waals surface area contributed by atoms with Gasteiger partial charge in [0.25, 0.3) is 5.56 Å². The minimum absolute atomic E-state index is 0.257. The molecule has 0 bridgehead atoms. The molecule has 0 fully saturated rings. The van der Waals surface area contributed by atoms with Gasteiger partial charge in [-0.25, -0.2) is 9.78 Å². The van der Waals surface area contributed by atoms with Crippen LogP contribution in [0.5, 0.6) is 0 Å². The Balaban J connectivity index is 2.20. The van der Waals surface area contributed by atoms with Crippen LogP contribution in [0.25, 0.3) is 10.9 Å². The molecule has 1 amide bonds. The molecule has 1 unspecified atom stereocenters. The molecule has 0 radical (unpaired) electrons. The molecule has 2 rings (SSSR count). The van der Waals surface area contributed by atoms with Crippen LogP contribution in [0.1, 0.15) is 13.8 Å². The second kappa shape index (κ2) is 6.38. The summed E-state index contributed by atoms with van der Waals surface area (Å²) >= 11 is 0. The number of hydrogen-bond donors (Lipinski definition) is 2. The summed E-state index contributed by atoms with van der Waals surface area (Å²) < 4.78 is 1.16. The van der Waals surface area contributed by atoms with Crippen molar-refractivity contribution in [2.45, 2.75) is 26.4 Å². The van der Waals surface area contributed by atoms with Crippen molar-refractivity contribution in [2.24, 2.45) is 5.92 Å². The van der Waals surface area contributed by atoms with E-state index in [0.717, 1.165) is 4.57 Å². The van der Waals surface area contributed by atoms with Crippen LogP contribution in [-0.4, -0.2) is 32.6 Å². The first-order valence-electron chi connectivity index (χ1n) is 6.86. The van der Waals surface area contributed by atoms with Crippen LogP contribution in [0.4, 0.5) is 0 Å². The minimum Gasteiger partial charge on any atom is -0.480 e. The molecule has 2 N–H and O–H groups in total. The summed E-state index contributed by atoms with van der Waals surface area (Å²) in [6, 6.07) is 5.84. The number of nitrogens with zero attached hydrogens (tertiary/aromatic N) is 2. The van der Waals surface area contributed by atoms with Gasteiger partial charge in [0.2, 0.25) is 5.91 Å². The monoisotopic (exact) mass is 303 g/mol. The Bertz CT molecular complexity index is 767. The van der Waals surface area contributed by atoms with E-state index < -0.39 is 17.9 Å². The highest BCUT2D eigenvalue weighted by atomic mass is 16.4. The van der Waals surface area contributed by atoms with E-state index in [-0.39, 0.29) is 18.0 Å². The number of aliphatic carboxylic acids is 1. The summed E-state index contributed by atoms with van der Waals surface area (Å²) in [5.74, 6) is -1.90. The smallest absolute Gasteiger partial charge is 0.326 e. The lowest BCUT2D eigenvalue weighted by molar-refractivity contribution is -0.143. The number of carbonyl (C=O) groups excluding carboxylic acids is 1. The van der Waals surface area contributed by atoms with Gasteiger partial charge in [0, 0.05) is 0 Å². The van der Waals surface area contributed by atoms with E-state index in [1.807, 2.05) is 0 Å². The first-order valence-corrected chi connectivity index (χ1v) is 6.86. The molecule has 1 atom stereocenters. The van der Waals surface area contributed by atoms with Crippen molar-refractivity contribution in [3.05, 3.63) is 40.9 Å².